The van der Waals surface area contributed by atoms with Crippen molar-refractivity contribution in [3.63, 3.8) is 0 Å². The first-order chi connectivity index (χ1) is 20.7. The van der Waals surface area contributed by atoms with Gasteiger partial charge in [0.05, 0.1) is 29.4 Å². The van der Waals surface area contributed by atoms with Crippen molar-refractivity contribution in [2.45, 2.75) is 36.6 Å². The van der Waals surface area contributed by atoms with Crippen LogP contribution in [0.15, 0.2) is 59.0 Å². The van der Waals surface area contributed by atoms with Crippen molar-refractivity contribution in [1.29, 1.82) is 0 Å². The van der Waals surface area contributed by atoms with Crippen LogP contribution < -0.4 is 4.90 Å². The Hall–Kier alpha value is -3.58. The summed E-state index contributed by atoms with van der Waals surface area (Å²) in [5, 5.41) is 11.7. The van der Waals surface area contributed by atoms with E-state index in [2.05, 4.69) is 4.90 Å². The summed E-state index contributed by atoms with van der Waals surface area (Å²) < 4.78 is 33.3. The number of carbonyl (C=O) groups excluding carboxylic acids is 3. The number of rotatable bonds is 7. The number of fused-ring (bicyclic) bond motifs is 2. The normalized spacial score (nSPS) is 24.7. The Morgan fingerprint density at radius 3 is 2.26 bits per heavy atom. The number of nitrogens with zero attached hydrogens (tertiary/aromatic N) is 4. The molecule has 0 saturated carbocycles. The summed E-state index contributed by atoms with van der Waals surface area (Å²) >= 11 is 0. The second kappa shape index (κ2) is 11.5. The van der Waals surface area contributed by atoms with Crippen molar-refractivity contribution in [2.24, 2.45) is 0 Å². The van der Waals surface area contributed by atoms with E-state index in [1.54, 1.807) is 24.3 Å². The predicted octanol–water partition coefficient (Wildman–Crippen LogP) is 2.14. The summed E-state index contributed by atoms with van der Waals surface area (Å²) in [5.74, 6) is -2.82. The molecule has 0 aliphatic carbocycles. The molecule has 0 radical (unpaired) electrons. The Kier molecular flexibility index (Phi) is 7.88. The lowest BCUT2D eigenvalue weighted by Crippen LogP contribution is -2.54. The molecule has 0 aromatic heterocycles. The third-order valence-electron chi connectivity index (χ3n) is 8.95. The number of amides is 2. The zero-order valence-corrected chi connectivity index (χ0v) is 25.0. The van der Waals surface area contributed by atoms with Crippen molar-refractivity contribution in [1.82, 2.24) is 14.1 Å². The molecule has 4 aliphatic heterocycles. The van der Waals surface area contributed by atoms with Crippen LogP contribution in [0.4, 0.5) is 5.69 Å². The number of sulfonamides is 1. The monoisotopic (exact) mass is 608 g/mol. The van der Waals surface area contributed by atoms with E-state index in [1.165, 1.54) is 38.4 Å². The molecule has 1 atom stereocenters. The number of Topliss-reactive ketones (excluding diaryl/α,β-unsaturated/α-hetero) is 1. The number of anilines is 1. The van der Waals surface area contributed by atoms with E-state index < -0.39 is 38.9 Å². The van der Waals surface area contributed by atoms with Gasteiger partial charge >= 0.3 is 0 Å². The topological polar surface area (TPSA) is 128 Å². The maximum absolute atomic E-state index is 14.4. The average molecular weight is 609 g/mol. The minimum atomic E-state index is -3.72. The lowest BCUT2D eigenvalue weighted by molar-refractivity contribution is -0.144. The van der Waals surface area contributed by atoms with E-state index in [9.17, 15) is 27.9 Å². The number of carbonyl (C=O) groups is 3. The Balaban J connectivity index is 1.45. The Morgan fingerprint density at radius 1 is 0.907 bits per heavy atom. The van der Waals surface area contributed by atoms with Gasteiger partial charge in [0, 0.05) is 56.9 Å². The Labute approximate surface area is 251 Å². The minimum absolute atomic E-state index is 0.0751. The smallest absolute Gasteiger partial charge is 0.296 e. The summed E-state index contributed by atoms with van der Waals surface area (Å²) in [6, 6.07) is 12.6. The fourth-order valence-electron chi connectivity index (χ4n) is 6.73. The van der Waals surface area contributed by atoms with Gasteiger partial charge in [0.15, 0.2) is 5.54 Å². The summed E-state index contributed by atoms with van der Waals surface area (Å²) in [5.41, 5.74) is -0.991. The van der Waals surface area contributed by atoms with Crippen molar-refractivity contribution in [3.05, 3.63) is 65.2 Å². The molecule has 228 valence electrons. The van der Waals surface area contributed by atoms with E-state index in [-0.39, 0.29) is 22.6 Å². The molecular weight excluding hydrogens is 572 g/mol. The molecule has 11 nitrogen and oxygen atoms in total. The van der Waals surface area contributed by atoms with Gasteiger partial charge in [-0.1, -0.05) is 24.6 Å². The summed E-state index contributed by atoms with van der Waals surface area (Å²) in [6.45, 7) is 5.96. The third kappa shape index (κ3) is 4.67. The SMILES string of the molecule is CCN1C(=O)C2(/C(=C(/O)c3ccc(S(=O)(=O)N4CCCCC4)cc3)C(=O)C(=O)N2CCN2CCOCC2)c2ccccc21. The van der Waals surface area contributed by atoms with Crippen LogP contribution in [-0.2, 0) is 34.7 Å². The zero-order valence-electron chi connectivity index (χ0n) is 24.2. The van der Waals surface area contributed by atoms with Crippen LogP contribution in [0.25, 0.3) is 5.76 Å². The first-order valence-corrected chi connectivity index (χ1v) is 16.3. The number of para-hydroxylation sites is 1. The highest BCUT2D eigenvalue weighted by atomic mass is 32.2. The Bertz CT molecular complexity index is 1580. The first kappa shape index (κ1) is 29.5. The number of piperidine rings is 1. The number of morpholine rings is 1. The van der Waals surface area contributed by atoms with Gasteiger partial charge in [-0.25, -0.2) is 8.42 Å². The van der Waals surface area contributed by atoms with Crippen LogP contribution in [0.5, 0.6) is 0 Å². The molecule has 1 unspecified atom stereocenters. The minimum Gasteiger partial charge on any atom is -0.507 e. The van der Waals surface area contributed by atoms with Gasteiger partial charge in [0.1, 0.15) is 5.76 Å². The van der Waals surface area contributed by atoms with Crippen molar-refractivity contribution < 1.29 is 32.6 Å². The molecule has 2 aromatic carbocycles. The van der Waals surface area contributed by atoms with E-state index in [4.69, 9.17) is 4.74 Å². The van der Waals surface area contributed by atoms with E-state index >= 15 is 0 Å². The van der Waals surface area contributed by atoms with Gasteiger partial charge in [-0.2, -0.15) is 4.31 Å². The molecule has 2 amide bonds. The van der Waals surface area contributed by atoms with Gasteiger partial charge < -0.3 is 19.6 Å². The number of aliphatic hydroxyl groups is 1. The highest BCUT2D eigenvalue weighted by Crippen LogP contribution is 2.53. The lowest BCUT2D eigenvalue weighted by Gasteiger charge is -2.36. The van der Waals surface area contributed by atoms with Crippen molar-refractivity contribution in [3.8, 4) is 0 Å². The number of hydrogen-bond donors (Lipinski definition) is 1. The van der Waals surface area contributed by atoms with Crippen LogP contribution in [0.1, 0.15) is 37.3 Å². The molecule has 0 bridgehead atoms. The number of benzene rings is 2. The second-order valence-electron chi connectivity index (χ2n) is 11.2. The molecule has 4 aliphatic rings. The number of ether oxygens (including phenoxy) is 1. The molecular formula is C31H36N4O7S. The fourth-order valence-corrected chi connectivity index (χ4v) is 8.25. The predicted molar refractivity (Wildman–Crippen MR) is 159 cm³/mol. The quantitative estimate of drug-likeness (QED) is 0.288. The van der Waals surface area contributed by atoms with Crippen LogP contribution >= 0.6 is 0 Å². The largest absolute Gasteiger partial charge is 0.507 e. The van der Waals surface area contributed by atoms with E-state index in [1.807, 2.05) is 6.92 Å². The maximum atomic E-state index is 14.4. The van der Waals surface area contributed by atoms with Gasteiger partial charge in [-0.3, -0.25) is 19.3 Å². The van der Waals surface area contributed by atoms with Crippen molar-refractivity contribution >= 4 is 39.1 Å². The molecule has 43 heavy (non-hydrogen) atoms. The number of ketones is 1. The van der Waals surface area contributed by atoms with Gasteiger partial charge in [0.2, 0.25) is 10.0 Å². The molecule has 1 spiro atoms. The molecule has 3 saturated heterocycles. The average Bonchev–Trinajstić information content (AvgIpc) is 3.42. The summed E-state index contributed by atoms with van der Waals surface area (Å²) in [7, 11) is -3.72. The molecule has 4 heterocycles. The van der Waals surface area contributed by atoms with Gasteiger partial charge in [0.25, 0.3) is 17.6 Å². The number of hydrogen-bond acceptors (Lipinski definition) is 8. The summed E-state index contributed by atoms with van der Waals surface area (Å²) in [4.78, 5) is 47.0. The lowest BCUT2D eigenvalue weighted by atomic mass is 9.82. The standard InChI is InChI=1S/C31H36N4O7S/c1-2-34-25-9-5-4-8-24(25)31(30(34)39)26(28(37)29(38)35(31)17-16-32-18-20-42-21-19-32)27(36)22-10-12-23(13-11-22)43(40,41)33-14-6-3-7-15-33/h4-5,8-13,36H,2-3,6-7,14-21H2,1H3/b27-26+. The summed E-state index contributed by atoms with van der Waals surface area (Å²) in [6.07, 6.45) is 2.59. The fraction of sp³-hybridized carbons (Fsp3) is 0.452. The molecule has 1 N–H and O–H groups in total. The third-order valence-corrected chi connectivity index (χ3v) is 10.9. The van der Waals surface area contributed by atoms with Gasteiger partial charge in [-0.15, -0.1) is 0 Å². The first-order valence-electron chi connectivity index (χ1n) is 14.8. The van der Waals surface area contributed by atoms with Crippen LogP contribution in [0.3, 0.4) is 0 Å². The second-order valence-corrected chi connectivity index (χ2v) is 13.2. The van der Waals surface area contributed by atoms with E-state index in [0.717, 1.165) is 19.3 Å². The molecule has 3 fully saturated rings. The van der Waals surface area contributed by atoms with Crippen LogP contribution in [0, 0.1) is 0 Å². The van der Waals surface area contributed by atoms with Crippen molar-refractivity contribution in [2.75, 3.05) is 63.9 Å². The molecule has 12 heteroatoms. The number of likely N-dealkylation sites (tertiary alicyclic amines) is 1. The van der Waals surface area contributed by atoms with Crippen LogP contribution in [-0.4, -0.2) is 104 Å². The molecule has 2 aromatic rings. The maximum Gasteiger partial charge on any atom is 0.296 e. The van der Waals surface area contributed by atoms with Crippen LogP contribution in [0.2, 0.25) is 0 Å². The van der Waals surface area contributed by atoms with Gasteiger partial charge in [-0.05, 0) is 50.1 Å². The number of aliphatic hydroxyl groups excluding tert-OH is 1. The highest BCUT2D eigenvalue weighted by molar-refractivity contribution is 7.89. The highest BCUT2D eigenvalue weighted by Gasteiger charge is 2.66. The zero-order chi connectivity index (χ0) is 30.4. The Morgan fingerprint density at radius 2 is 1.58 bits per heavy atom. The van der Waals surface area contributed by atoms with E-state index in [0.29, 0.717) is 63.7 Å². The number of likely N-dealkylation sites (N-methyl/N-ethyl adjacent to an activating group) is 1. The molecule has 6 rings (SSSR count).